The highest BCUT2D eigenvalue weighted by molar-refractivity contribution is 5.27. The van der Waals surface area contributed by atoms with Crippen molar-refractivity contribution in [1.29, 1.82) is 0 Å². The number of halogens is 3. The van der Waals surface area contributed by atoms with Gasteiger partial charge in [0.2, 0.25) is 0 Å². The lowest BCUT2D eigenvalue weighted by molar-refractivity contribution is -0.137. The van der Waals surface area contributed by atoms with Gasteiger partial charge >= 0.3 is 6.18 Å². The highest BCUT2D eigenvalue weighted by Gasteiger charge is 2.30. The number of aryl methyl sites for hydroxylation is 1. The van der Waals surface area contributed by atoms with Crippen molar-refractivity contribution in [1.82, 2.24) is 15.1 Å². The van der Waals surface area contributed by atoms with Gasteiger partial charge in [-0.15, -0.1) is 0 Å². The van der Waals surface area contributed by atoms with E-state index in [1.54, 1.807) is 10.7 Å². The third-order valence-electron chi connectivity index (χ3n) is 3.73. The second kappa shape index (κ2) is 7.14. The van der Waals surface area contributed by atoms with E-state index in [9.17, 15) is 13.2 Å². The third-order valence-corrected chi connectivity index (χ3v) is 3.73. The molecular weight excluding hydrogens is 307 g/mol. The fraction of sp³-hybridized carbons (Fsp3) is 0.438. The molecular formula is C16H20F3N3O. The number of nitrogens with one attached hydrogen (secondary N) is 1. The molecule has 0 fully saturated rings. The minimum Gasteiger partial charge on any atom is -0.394 e. The zero-order valence-corrected chi connectivity index (χ0v) is 13.1. The summed E-state index contributed by atoms with van der Waals surface area (Å²) in [5, 5.41) is 16.5. The van der Waals surface area contributed by atoms with Gasteiger partial charge in [0.25, 0.3) is 0 Å². The fourth-order valence-corrected chi connectivity index (χ4v) is 2.49. The smallest absolute Gasteiger partial charge is 0.394 e. The fourth-order valence-electron chi connectivity index (χ4n) is 2.49. The van der Waals surface area contributed by atoms with Crippen LogP contribution in [0, 0.1) is 13.8 Å². The first-order valence-electron chi connectivity index (χ1n) is 7.33. The Hall–Kier alpha value is -1.86. The van der Waals surface area contributed by atoms with Crippen LogP contribution in [0.1, 0.15) is 28.1 Å². The quantitative estimate of drug-likeness (QED) is 0.858. The van der Waals surface area contributed by atoms with Gasteiger partial charge in [0.05, 0.1) is 24.4 Å². The summed E-state index contributed by atoms with van der Waals surface area (Å²) in [5.41, 5.74) is 2.75. The number of hydrogen-bond acceptors (Lipinski definition) is 3. The van der Waals surface area contributed by atoms with Crippen molar-refractivity contribution in [3.63, 3.8) is 0 Å². The van der Waals surface area contributed by atoms with Crippen molar-refractivity contribution in [2.75, 3.05) is 6.61 Å². The van der Waals surface area contributed by atoms with Crippen molar-refractivity contribution in [3.05, 3.63) is 52.3 Å². The Kier molecular flexibility index (Phi) is 5.43. The van der Waals surface area contributed by atoms with Gasteiger partial charge in [-0.1, -0.05) is 18.2 Å². The molecule has 1 heterocycles. The average molecular weight is 327 g/mol. The highest BCUT2D eigenvalue weighted by atomic mass is 19.4. The predicted octanol–water partition coefficient (Wildman–Crippen LogP) is 2.80. The molecule has 2 aromatic rings. The maximum atomic E-state index is 12.7. The SMILES string of the molecule is Cc1nn(CCO)c(C)c1CNCc1cccc(C(F)(F)F)c1. The Morgan fingerprint density at radius 2 is 1.96 bits per heavy atom. The van der Waals surface area contributed by atoms with Gasteiger partial charge < -0.3 is 10.4 Å². The van der Waals surface area contributed by atoms with Gasteiger partial charge in [0, 0.05) is 24.3 Å². The van der Waals surface area contributed by atoms with Gasteiger partial charge in [0.15, 0.2) is 0 Å². The third kappa shape index (κ3) is 4.33. The molecule has 0 amide bonds. The van der Waals surface area contributed by atoms with E-state index in [0.29, 0.717) is 25.2 Å². The molecule has 23 heavy (non-hydrogen) atoms. The topological polar surface area (TPSA) is 50.1 Å². The summed E-state index contributed by atoms with van der Waals surface area (Å²) in [6.07, 6.45) is -4.32. The number of nitrogens with zero attached hydrogens (tertiary/aromatic N) is 2. The van der Waals surface area contributed by atoms with Crippen LogP contribution in [0.2, 0.25) is 0 Å². The van der Waals surface area contributed by atoms with Crippen molar-refractivity contribution in [3.8, 4) is 0 Å². The van der Waals surface area contributed by atoms with Crippen LogP contribution in [-0.4, -0.2) is 21.5 Å². The molecule has 2 N–H and O–H groups in total. The maximum Gasteiger partial charge on any atom is 0.416 e. The number of hydrogen-bond donors (Lipinski definition) is 2. The molecule has 7 heteroatoms. The zero-order chi connectivity index (χ0) is 17.0. The van der Waals surface area contributed by atoms with Crippen LogP contribution in [0.15, 0.2) is 24.3 Å². The molecule has 0 radical (unpaired) electrons. The molecule has 0 saturated carbocycles. The summed E-state index contributed by atoms with van der Waals surface area (Å²) in [6, 6.07) is 5.30. The Morgan fingerprint density at radius 3 is 2.61 bits per heavy atom. The van der Waals surface area contributed by atoms with E-state index in [1.165, 1.54) is 6.07 Å². The van der Waals surface area contributed by atoms with E-state index in [-0.39, 0.29) is 6.61 Å². The number of aromatic nitrogens is 2. The van der Waals surface area contributed by atoms with E-state index in [2.05, 4.69) is 10.4 Å². The Labute approximate surface area is 132 Å². The molecule has 0 atom stereocenters. The summed E-state index contributed by atoms with van der Waals surface area (Å²) >= 11 is 0. The highest BCUT2D eigenvalue weighted by Crippen LogP contribution is 2.29. The Bertz CT molecular complexity index is 665. The molecule has 1 aromatic heterocycles. The van der Waals surface area contributed by atoms with E-state index in [1.807, 2.05) is 13.8 Å². The maximum absolute atomic E-state index is 12.7. The van der Waals surface area contributed by atoms with E-state index < -0.39 is 11.7 Å². The first-order chi connectivity index (χ1) is 10.8. The van der Waals surface area contributed by atoms with Crippen LogP contribution in [0.4, 0.5) is 13.2 Å². The lowest BCUT2D eigenvalue weighted by atomic mass is 10.1. The molecule has 2 rings (SSSR count). The number of aliphatic hydroxyl groups excluding tert-OH is 1. The van der Waals surface area contributed by atoms with Gasteiger partial charge in [0.1, 0.15) is 0 Å². The lowest BCUT2D eigenvalue weighted by Gasteiger charge is -2.10. The molecule has 0 saturated heterocycles. The monoisotopic (exact) mass is 327 g/mol. The molecule has 0 aliphatic carbocycles. The molecule has 1 aromatic carbocycles. The van der Waals surface area contributed by atoms with Crippen molar-refractivity contribution in [2.24, 2.45) is 0 Å². The van der Waals surface area contributed by atoms with Crippen LogP contribution < -0.4 is 5.32 Å². The Morgan fingerprint density at radius 1 is 1.22 bits per heavy atom. The molecule has 0 bridgehead atoms. The average Bonchev–Trinajstić information content (AvgIpc) is 2.75. The van der Waals surface area contributed by atoms with Crippen LogP contribution in [0.5, 0.6) is 0 Å². The van der Waals surface area contributed by atoms with Gasteiger partial charge in [-0.25, -0.2) is 0 Å². The molecule has 4 nitrogen and oxygen atoms in total. The van der Waals surface area contributed by atoms with Crippen molar-refractivity contribution >= 4 is 0 Å². The number of benzene rings is 1. The van der Waals surface area contributed by atoms with Gasteiger partial charge in [-0.3, -0.25) is 4.68 Å². The number of rotatable bonds is 6. The standard InChI is InChI=1S/C16H20F3N3O/c1-11-15(12(2)22(21-11)6-7-23)10-20-9-13-4-3-5-14(8-13)16(17,18)19/h3-5,8,20,23H,6-7,9-10H2,1-2H3. The van der Waals surface area contributed by atoms with E-state index in [0.717, 1.165) is 29.1 Å². The van der Waals surface area contributed by atoms with Crippen molar-refractivity contribution in [2.45, 2.75) is 39.7 Å². The summed E-state index contributed by atoms with van der Waals surface area (Å²) in [6.45, 7) is 5.09. The normalized spacial score (nSPS) is 11.9. The minimum absolute atomic E-state index is 0.0130. The second-order valence-electron chi connectivity index (χ2n) is 5.40. The number of alkyl halides is 3. The molecule has 0 unspecified atom stereocenters. The predicted molar refractivity (Wildman–Crippen MR) is 80.8 cm³/mol. The Balaban J connectivity index is 2.01. The first kappa shape index (κ1) is 17.5. The minimum atomic E-state index is -4.32. The zero-order valence-electron chi connectivity index (χ0n) is 13.1. The molecule has 0 aliphatic heterocycles. The van der Waals surface area contributed by atoms with Crippen LogP contribution in [0.3, 0.4) is 0 Å². The first-order valence-corrected chi connectivity index (χ1v) is 7.33. The number of aliphatic hydroxyl groups is 1. The van der Waals surface area contributed by atoms with E-state index >= 15 is 0 Å². The van der Waals surface area contributed by atoms with Gasteiger partial charge in [-0.05, 0) is 25.5 Å². The van der Waals surface area contributed by atoms with Crippen LogP contribution in [0.25, 0.3) is 0 Å². The molecule has 0 spiro atoms. The lowest BCUT2D eigenvalue weighted by Crippen LogP contribution is -2.15. The summed E-state index contributed by atoms with van der Waals surface area (Å²) in [7, 11) is 0. The van der Waals surface area contributed by atoms with Gasteiger partial charge in [-0.2, -0.15) is 18.3 Å². The largest absolute Gasteiger partial charge is 0.416 e. The summed E-state index contributed by atoms with van der Waals surface area (Å²) < 4.78 is 39.8. The van der Waals surface area contributed by atoms with Crippen molar-refractivity contribution < 1.29 is 18.3 Å². The summed E-state index contributed by atoms with van der Waals surface area (Å²) in [5.74, 6) is 0. The molecule has 0 aliphatic rings. The van der Waals surface area contributed by atoms with Crippen LogP contribution >= 0.6 is 0 Å². The summed E-state index contributed by atoms with van der Waals surface area (Å²) in [4.78, 5) is 0. The second-order valence-corrected chi connectivity index (χ2v) is 5.40. The van der Waals surface area contributed by atoms with E-state index in [4.69, 9.17) is 5.11 Å². The van der Waals surface area contributed by atoms with Crippen LogP contribution in [-0.2, 0) is 25.8 Å². The molecule has 126 valence electrons.